The van der Waals surface area contributed by atoms with Crippen LogP contribution in [-0.2, 0) is 6.54 Å². The van der Waals surface area contributed by atoms with Crippen LogP contribution in [0.15, 0.2) is 58.4 Å². The lowest BCUT2D eigenvalue weighted by Crippen LogP contribution is -2.40. The predicted octanol–water partition coefficient (Wildman–Crippen LogP) is 3.49. The minimum absolute atomic E-state index is 0.0215. The number of rotatable bonds is 5. The number of carbonyl (C=O) groups excluding carboxylic acids is 1. The molecule has 0 saturated heterocycles. The van der Waals surface area contributed by atoms with E-state index in [1.807, 2.05) is 63.2 Å². The van der Waals surface area contributed by atoms with Gasteiger partial charge in [0.1, 0.15) is 0 Å². The van der Waals surface area contributed by atoms with E-state index in [4.69, 9.17) is 0 Å². The first-order valence-electron chi connectivity index (χ1n) is 10.8. The summed E-state index contributed by atoms with van der Waals surface area (Å²) in [6.07, 6.45) is 3.08. The van der Waals surface area contributed by atoms with Crippen LogP contribution in [0.1, 0.15) is 45.9 Å². The van der Waals surface area contributed by atoms with Crippen LogP contribution in [0, 0.1) is 20.8 Å². The molecule has 162 valence electrons. The molecule has 2 aromatic carbocycles. The third-order valence-electron chi connectivity index (χ3n) is 6.11. The number of para-hydroxylation sites is 1. The van der Waals surface area contributed by atoms with E-state index >= 15 is 0 Å². The number of imidazole rings is 1. The molecule has 2 aromatic heterocycles. The molecule has 0 radical (unpaired) electrons. The van der Waals surface area contributed by atoms with Crippen LogP contribution in [0.4, 0.5) is 0 Å². The third kappa shape index (κ3) is 3.21. The quantitative estimate of drug-likeness (QED) is 0.456. The summed E-state index contributed by atoms with van der Waals surface area (Å²) in [7, 11) is 0. The van der Waals surface area contributed by atoms with Gasteiger partial charge in [-0.05, 0) is 50.8 Å². The largest absolute Gasteiger partial charge is 0.337 e. The Labute approximate surface area is 184 Å². The van der Waals surface area contributed by atoms with E-state index in [1.54, 1.807) is 4.57 Å². The van der Waals surface area contributed by atoms with Crippen molar-refractivity contribution in [2.75, 3.05) is 0 Å². The zero-order valence-corrected chi connectivity index (χ0v) is 18.3. The number of aryl methyl sites for hydroxylation is 3. The normalized spacial score (nSPS) is 13.6. The SMILES string of the molecule is Cc1ccc(C(=O)Cn2cnc3c2c(=O)n(C2CC2)c(=O)n3-c2ccccc2C)c(C)c1. The van der Waals surface area contributed by atoms with Gasteiger partial charge in [0.2, 0.25) is 0 Å². The number of Topliss-reactive ketones (excluding diaryl/α,β-unsaturated/α-hetero) is 1. The van der Waals surface area contributed by atoms with Crippen molar-refractivity contribution in [2.45, 2.75) is 46.2 Å². The van der Waals surface area contributed by atoms with Gasteiger partial charge < -0.3 is 4.57 Å². The number of nitrogens with zero attached hydrogens (tertiary/aromatic N) is 4. The number of ketones is 1. The number of fused-ring (bicyclic) bond motifs is 1. The van der Waals surface area contributed by atoms with Gasteiger partial charge in [-0.2, -0.15) is 0 Å². The summed E-state index contributed by atoms with van der Waals surface area (Å²) in [5, 5.41) is 0. The van der Waals surface area contributed by atoms with Gasteiger partial charge in [-0.1, -0.05) is 42.0 Å². The van der Waals surface area contributed by atoms with Crippen molar-refractivity contribution in [1.29, 1.82) is 0 Å². The summed E-state index contributed by atoms with van der Waals surface area (Å²) >= 11 is 0. The van der Waals surface area contributed by atoms with E-state index in [0.29, 0.717) is 11.3 Å². The lowest BCUT2D eigenvalue weighted by Gasteiger charge is -2.14. The van der Waals surface area contributed by atoms with E-state index < -0.39 is 0 Å². The zero-order chi connectivity index (χ0) is 22.6. The summed E-state index contributed by atoms with van der Waals surface area (Å²) in [5.74, 6) is -0.104. The summed E-state index contributed by atoms with van der Waals surface area (Å²) < 4.78 is 4.41. The van der Waals surface area contributed by atoms with Gasteiger partial charge in [0.15, 0.2) is 16.9 Å². The molecule has 1 aliphatic carbocycles. The Hall–Kier alpha value is -3.74. The number of hydrogen-bond donors (Lipinski definition) is 0. The minimum Gasteiger partial charge on any atom is -0.317 e. The second-order valence-corrected chi connectivity index (χ2v) is 8.60. The smallest absolute Gasteiger partial charge is 0.317 e. The molecule has 0 N–H and O–H groups in total. The molecule has 2 heterocycles. The lowest BCUT2D eigenvalue weighted by molar-refractivity contribution is 0.0972. The fraction of sp³-hybridized carbons (Fsp3) is 0.280. The fourth-order valence-electron chi connectivity index (χ4n) is 4.33. The van der Waals surface area contributed by atoms with Gasteiger partial charge in [-0.15, -0.1) is 0 Å². The van der Waals surface area contributed by atoms with Crippen LogP contribution in [0.3, 0.4) is 0 Å². The molecule has 0 bridgehead atoms. The summed E-state index contributed by atoms with van der Waals surface area (Å²) in [6.45, 7) is 5.78. The fourth-order valence-corrected chi connectivity index (χ4v) is 4.33. The van der Waals surface area contributed by atoms with Gasteiger partial charge >= 0.3 is 5.69 Å². The topological polar surface area (TPSA) is 78.9 Å². The highest BCUT2D eigenvalue weighted by molar-refractivity contribution is 5.98. The molecule has 1 fully saturated rings. The standard InChI is InChI=1S/C25H24N4O3/c1-15-8-11-19(17(3)12-15)21(30)13-27-14-26-23-22(27)24(31)28(18-9-10-18)25(32)29(23)20-7-5-4-6-16(20)2/h4-8,11-12,14,18H,9-10,13H2,1-3H3. The predicted molar refractivity (Wildman–Crippen MR) is 123 cm³/mol. The molecule has 7 heteroatoms. The van der Waals surface area contributed by atoms with Crippen molar-refractivity contribution in [3.05, 3.63) is 91.9 Å². The van der Waals surface area contributed by atoms with Crippen LogP contribution < -0.4 is 11.2 Å². The Bertz CT molecular complexity index is 1500. The molecule has 1 aliphatic rings. The Kier molecular flexibility index (Phi) is 4.69. The highest BCUT2D eigenvalue weighted by Gasteiger charge is 2.31. The molecule has 5 rings (SSSR count). The van der Waals surface area contributed by atoms with E-state index in [-0.39, 0.29) is 40.8 Å². The average molecular weight is 428 g/mol. The van der Waals surface area contributed by atoms with Crippen molar-refractivity contribution in [2.24, 2.45) is 0 Å². The van der Waals surface area contributed by atoms with E-state index in [9.17, 15) is 14.4 Å². The van der Waals surface area contributed by atoms with Gasteiger partial charge in [0.05, 0.1) is 18.6 Å². The van der Waals surface area contributed by atoms with Crippen molar-refractivity contribution < 1.29 is 4.79 Å². The number of hydrogen-bond acceptors (Lipinski definition) is 4. The van der Waals surface area contributed by atoms with E-state index in [2.05, 4.69) is 4.98 Å². The van der Waals surface area contributed by atoms with Crippen LogP contribution >= 0.6 is 0 Å². The van der Waals surface area contributed by atoms with Crippen LogP contribution in [0.25, 0.3) is 16.9 Å². The summed E-state index contributed by atoms with van der Waals surface area (Å²) in [6, 6.07) is 13.1. The van der Waals surface area contributed by atoms with Gasteiger partial charge in [0, 0.05) is 11.6 Å². The van der Waals surface area contributed by atoms with Gasteiger partial charge in [-0.3, -0.25) is 14.2 Å². The van der Waals surface area contributed by atoms with Crippen LogP contribution in [0.2, 0.25) is 0 Å². The minimum atomic E-state index is -0.386. The number of aromatic nitrogens is 4. The van der Waals surface area contributed by atoms with Crippen LogP contribution in [0.5, 0.6) is 0 Å². The Morgan fingerprint density at radius 2 is 1.78 bits per heavy atom. The Morgan fingerprint density at radius 1 is 1.03 bits per heavy atom. The van der Waals surface area contributed by atoms with E-state index in [0.717, 1.165) is 29.5 Å². The third-order valence-corrected chi connectivity index (χ3v) is 6.11. The maximum Gasteiger partial charge on any atom is 0.337 e. The molecule has 7 nitrogen and oxygen atoms in total. The second kappa shape index (κ2) is 7.44. The first kappa shape index (κ1) is 20.2. The highest BCUT2D eigenvalue weighted by atomic mass is 16.2. The molecule has 0 unspecified atom stereocenters. The first-order valence-corrected chi connectivity index (χ1v) is 10.8. The van der Waals surface area contributed by atoms with Crippen molar-refractivity contribution in [3.63, 3.8) is 0 Å². The molecule has 4 aromatic rings. The molecule has 0 spiro atoms. The van der Waals surface area contributed by atoms with Crippen molar-refractivity contribution in [1.82, 2.24) is 18.7 Å². The number of benzene rings is 2. The first-order chi connectivity index (χ1) is 15.4. The summed E-state index contributed by atoms with van der Waals surface area (Å²) in [4.78, 5) is 44.3. The lowest BCUT2D eigenvalue weighted by atomic mass is 10.0. The Balaban J connectivity index is 1.71. The maximum atomic E-state index is 13.4. The number of carbonyl (C=O) groups is 1. The molecule has 0 aliphatic heterocycles. The molecule has 1 saturated carbocycles. The van der Waals surface area contributed by atoms with Crippen molar-refractivity contribution in [3.8, 4) is 5.69 Å². The molecule has 32 heavy (non-hydrogen) atoms. The average Bonchev–Trinajstić information content (AvgIpc) is 3.49. The molecular weight excluding hydrogens is 404 g/mol. The second-order valence-electron chi connectivity index (χ2n) is 8.60. The maximum absolute atomic E-state index is 13.4. The van der Waals surface area contributed by atoms with Gasteiger partial charge in [0.25, 0.3) is 5.56 Å². The Morgan fingerprint density at radius 3 is 2.47 bits per heavy atom. The molecule has 0 atom stereocenters. The molecule has 0 amide bonds. The summed E-state index contributed by atoms with van der Waals surface area (Å²) in [5.41, 5.74) is 3.96. The zero-order valence-electron chi connectivity index (χ0n) is 18.3. The van der Waals surface area contributed by atoms with Crippen LogP contribution in [-0.4, -0.2) is 24.5 Å². The van der Waals surface area contributed by atoms with Gasteiger partial charge in [-0.25, -0.2) is 14.3 Å². The van der Waals surface area contributed by atoms with E-state index in [1.165, 1.54) is 15.5 Å². The van der Waals surface area contributed by atoms with Crippen molar-refractivity contribution >= 4 is 16.9 Å². The molecular formula is C25H24N4O3. The monoisotopic (exact) mass is 428 g/mol. The highest BCUT2D eigenvalue weighted by Crippen LogP contribution is 2.32.